The van der Waals surface area contributed by atoms with Gasteiger partial charge in [0.15, 0.2) is 5.96 Å². The summed E-state index contributed by atoms with van der Waals surface area (Å²) in [5.74, 6) is -5.86. The summed E-state index contributed by atoms with van der Waals surface area (Å²) in [4.78, 5) is 70.7. The van der Waals surface area contributed by atoms with E-state index in [0.717, 1.165) is 0 Å². The lowest BCUT2D eigenvalue weighted by atomic mass is 10.1. The Balaban J connectivity index is 3.08. The number of aromatic amines is 1. The molecule has 4 unspecified atom stereocenters. The molecule has 0 aromatic carbocycles. The summed E-state index contributed by atoms with van der Waals surface area (Å²) < 4.78 is 0. The van der Waals surface area contributed by atoms with Gasteiger partial charge in [-0.15, -0.1) is 0 Å². The fourth-order valence-electron chi connectivity index (χ4n) is 2.88. The second-order valence-corrected chi connectivity index (χ2v) is 7.64. The zero-order valence-corrected chi connectivity index (χ0v) is 19.2. The number of carboxylic acids is 2. The monoisotopic (exact) mass is 513 g/mol. The first-order chi connectivity index (χ1) is 16.9. The average Bonchev–Trinajstić information content (AvgIpc) is 3.31. The first-order valence-electron chi connectivity index (χ1n) is 10.7. The van der Waals surface area contributed by atoms with Crippen molar-refractivity contribution in [3.8, 4) is 0 Å². The molecule has 3 amide bonds. The molecule has 0 saturated carbocycles. The van der Waals surface area contributed by atoms with E-state index < -0.39 is 66.9 Å². The number of hydrogen-bond acceptors (Lipinski definition) is 9. The van der Waals surface area contributed by atoms with Crippen LogP contribution in [-0.2, 0) is 30.4 Å². The van der Waals surface area contributed by atoms with E-state index in [-0.39, 0.29) is 31.8 Å². The van der Waals surface area contributed by atoms with Crippen molar-refractivity contribution >= 4 is 35.6 Å². The lowest BCUT2D eigenvalue weighted by Crippen LogP contribution is -2.58. The molecular weight excluding hydrogens is 482 g/mol. The molecular formula is C19H31N9O8. The Labute approximate surface area is 204 Å². The van der Waals surface area contributed by atoms with Crippen molar-refractivity contribution < 1.29 is 39.3 Å². The lowest BCUT2D eigenvalue weighted by molar-refractivity contribution is -0.147. The van der Waals surface area contributed by atoms with E-state index in [0.29, 0.717) is 5.69 Å². The average molecular weight is 514 g/mol. The third-order valence-corrected chi connectivity index (χ3v) is 4.72. The Morgan fingerprint density at radius 1 is 1.00 bits per heavy atom. The highest BCUT2D eigenvalue weighted by atomic mass is 16.4. The molecule has 0 saturated heterocycles. The highest BCUT2D eigenvalue weighted by Gasteiger charge is 2.31. The molecule has 0 aliphatic carbocycles. The number of nitrogens with one attached hydrogen (secondary N) is 4. The Morgan fingerprint density at radius 3 is 2.14 bits per heavy atom. The van der Waals surface area contributed by atoms with Crippen molar-refractivity contribution in [3.05, 3.63) is 18.2 Å². The molecule has 0 aliphatic rings. The molecule has 0 bridgehead atoms. The summed E-state index contributed by atoms with van der Waals surface area (Å²) in [5.41, 5.74) is 16.4. The first-order valence-corrected chi connectivity index (χ1v) is 10.7. The van der Waals surface area contributed by atoms with Crippen LogP contribution in [0.5, 0.6) is 0 Å². The summed E-state index contributed by atoms with van der Waals surface area (Å²) >= 11 is 0. The minimum absolute atomic E-state index is 0.0155. The molecule has 200 valence electrons. The Morgan fingerprint density at radius 2 is 1.61 bits per heavy atom. The van der Waals surface area contributed by atoms with Gasteiger partial charge in [0, 0.05) is 24.9 Å². The van der Waals surface area contributed by atoms with E-state index >= 15 is 0 Å². The number of aliphatic hydroxyl groups excluding tert-OH is 1. The van der Waals surface area contributed by atoms with E-state index in [1.807, 2.05) is 0 Å². The predicted octanol–water partition coefficient (Wildman–Crippen LogP) is -4.66. The summed E-state index contributed by atoms with van der Waals surface area (Å²) in [6.45, 7) is -0.555. The van der Waals surface area contributed by atoms with Gasteiger partial charge in [-0.05, 0) is 12.8 Å². The number of aliphatic hydroxyl groups is 1. The van der Waals surface area contributed by atoms with Crippen molar-refractivity contribution in [1.82, 2.24) is 25.9 Å². The molecule has 13 N–H and O–H groups in total. The van der Waals surface area contributed by atoms with Crippen LogP contribution in [0.4, 0.5) is 0 Å². The van der Waals surface area contributed by atoms with Crippen molar-refractivity contribution in [1.29, 1.82) is 0 Å². The van der Waals surface area contributed by atoms with Gasteiger partial charge in [0.25, 0.3) is 0 Å². The van der Waals surface area contributed by atoms with Gasteiger partial charge in [-0.25, -0.2) is 9.78 Å². The molecule has 0 fully saturated rings. The van der Waals surface area contributed by atoms with Crippen LogP contribution in [0.15, 0.2) is 17.5 Å². The van der Waals surface area contributed by atoms with Gasteiger partial charge < -0.3 is 53.5 Å². The Hall–Kier alpha value is -4.25. The third-order valence-electron chi connectivity index (χ3n) is 4.72. The second-order valence-electron chi connectivity index (χ2n) is 7.64. The fraction of sp³-hybridized carbons (Fsp3) is 0.526. The molecule has 4 atom stereocenters. The molecule has 0 spiro atoms. The number of amides is 3. The van der Waals surface area contributed by atoms with Crippen LogP contribution in [0.2, 0.25) is 0 Å². The maximum absolute atomic E-state index is 13.0. The van der Waals surface area contributed by atoms with Gasteiger partial charge in [0.2, 0.25) is 17.7 Å². The van der Waals surface area contributed by atoms with Gasteiger partial charge in [0.05, 0.1) is 19.4 Å². The predicted molar refractivity (Wildman–Crippen MR) is 123 cm³/mol. The fourth-order valence-corrected chi connectivity index (χ4v) is 2.88. The molecule has 1 aromatic rings. The molecule has 1 heterocycles. The van der Waals surface area contributed by atoms with Gasteiger partial charge in [-0.1, -0.05) is 0 Å². The topological polar surface area (TPSA) is 301 Å². The number of hydrogen-bond donors (Lipinski definition) is 10. The third kappa shape index (κ3) is 10.8. The number of carbonyl (C=O) groups excluding carboxylic acids is 3. The molecule has 0 radical (unpaired) electrons. The Kier molecular flexibility index (Phi) is 12.3. The highest BCUT2D eigenvalue weighted by molar-refractivity contribution is 5.94. The van der Waals surface area contributed by atoms with Crippen LogP contribution < -0.4 is 33.2 Å². The van der Waals surface area contributed by atoms with Crippen molar-refractivity contribution in [2.24, 2.45) is 22.2 Å². The van der Waals surface area contributed by atoms with Crippen LogP contribution in [-0.4, -0.2) is 98.2 Å². The maximum atomic E-state index is 13.0. The van der Waals surface area contributed by atoms with Crippen LogP contribution in [0, 0.1) is 0 Å². The van der Waals surface area contributed by atoms with E-state index in [4.69, 9.17) is 27.4 Å². The standard InChI is InChI=1S/C19H31N9O8/c20-10(7-29)15(32)26-11(2-1-3-24-19(21)22)16(33)27-12(4-9-6-23-8-25-9)17(34)28-13(18(35)36)5-14(30)31/h6,8,10-13,29H,1-5,7,20H2,(H,23,25)(H,26,32)(H,27,33)(H,28,34)(H,30,31)(H,35,36)(H4,21,22,24). The largest absolute Gasteiger partial charge is 0.481 e. The van der Waals surface area contributed by atoms with Gasteiger partial charge in [0.1, 0.15) is 24.2 Å². The van der Waals surface area contributed by atoms with Gasteiger partial charge in [-0.3, -0.25) is 24.2 Å². The first kappa shape index (κ1) is 29.8. The molecule has 17 heteroatoms. The van der Waals surface area contributed by atoms with E-state index in [1.54, 1.807) is 0 Å². The highest BCUT2D eigenvalue weighted by Crippen LogP contribution is 2.05. The van der Waals surface area contributed by atoms with Crippen LogP contribution >= 0.6 is 0 Å². The number of carboxylic acid groups (broad SMARTS) is 2. The van der Waals surface area contributed by atoms with Crippen molar-refractivity contribution in [2.45, 2.75) is 49.9 Å². The number of guanidine groups is 1. The number of aliphatic imine (C=N–C) groups is 1. The van der Waals surface area contributed by atoms with Crippen LogP contribution in [0.25, 0.3) is 0 Å². The second kappa shape index (κ2) is 14.9. The maximum Gasteiger partial charge on any atom is 0.326 e. The molecule has 0 aliphatic heterocycles. The minimum Gasteiger partial charge on any atom is -0.481 e. The number of nitrogens with zero attached hydrogens (tertiary/aromatic N) is 2. The number of carbonyl (C=O) groups is 5. The molecule has 17 nitrogen and oxygen atoms in total. The van der Waals surface area contributed by atoms with E-state index in [1.165, 1.54) is 12.5 Å². The zero-order valence-electron chi connectivity index (χ0n) is 19.2. The number of nitrogens with two attached hydrogens (primary N) is 3. The van der Waals surface area contributed by atoms with Gasteiger partial charge >= 0.3 is 11.9 Å². The zero-order chi connectivity index (χ0) is 27.3. The summed E-state index contributed by atoms with van der Waals surface area (Å²) in [6, 6.07) is -5.67. The minimum atomic E-state index is -1.76. The van der Waals surface area contributed by atoms with Gasteiger partial charge in [-0.2, -0.15) is 0 Å². The quantitative estimate of drug-likeness (QED) is 0.0566. The van der Waals surface area contributed by atoms with E-state index in [2.05, 4.69) is 30.9 Å². The number of aromatic nitrogens is 2. The summed E-state index contributed by atoms with van der Waals surface area (Å²) in [7, 11) is 0. The van der Waals surface area contributed by atoms with Crippen molar-refractivity contribution in [3.63, 3.8) is 0 Å². The molecule has 1 aromatic heterocycles. The summed E-state index contributed by atoms with van der Waals surface area (Å²) in [6.07, 6.45) is 1.88. The molecule has 1 rings (SSSR count). The number of rotatable bonds is 16. The van der Waals surface area contributed by atoms with Crippen molar-refractivity contribution in [2.75, 3.05) is 13.2 Å². The number of H-pyrrole nitrogens is 1. The van der Waals surface area contributed by atoms with E-state index in [9.17, 15) is 29.1 Å². The SMILES string of the molecule is NC(N)=NCCCC(NC(=O)C(N)CO)C(=O)NC(Cc1cnc[nH]1)C(=O)NC(CC(=O)O)C(=O)O. The van der Waals surface area contributed by atoms with Crippen LogP contribution in [0.1, 0.15) is 25.0 Å². The number of aliphatic carboxylic acids is 2. The lowest BCUT2D eigenvalue weighted by Gasteiger charge is -2.24. The number of imidazole rings is 1. The summed E-state index contributed by atoms with van der Waals surface area (Å²) in [5, 5.41) is 34.1. The molecule has 36 heavy (non-hydrogen) atoms. The van der Waals surface area contributed by atoms with Crippen LogP contribution in [0.3, 0.4) is 0 Å². The normalized spacial score (nSPS) is 13.9. The smallest absolute Gasteiger partial charge is 0.326 e. The Bertz CT molecular complexity index is 933.